The first-order chi connectivity index (χ1) is 18.7. The standard InChI is InChI=1S/C27H31ClFN5O5/c28-18-8-4-10-20(14-18)30-26(38)33-12-13-34(27(39)31-21-11-5-9-19(29)15-21)25(33)24(37)32-22(16-23(35)36)17-6-2-1-3-7-17/h4-5,8-11,14-15,17,22,25H,1-3,6-7,12-13,16H2,(H,30,38)(H,31,39)(H,32,37)(H,35,36). The minimum atomic E-state index is -1.36. The molecule has 1 aliphatic carbocycles. The first-order valence-electron chi connectivity index (χ1n) is 12.9. The van der Waals surface area contributed by atoms with Crippen LogP contribution in [0.3, 0.4) is 0 Å². The fourth-order valence-electron chi connectivity index (χ4n) is 5.18. The molecule has 2 aromatic carbocycles. The fraction of sp³-hybridized carbons (Fsp3) is 0.407. The van der Waals surface area contributed by atoms with E-state index in [0.717, 1.165) is 38.2 Å². The van der Waals surface area contributed by atoms with E-state index in [0.29, 0.717) is 10.7 Å². The molecule has 1 heterocycles. The minimum Gasteiger partial charge on any atom is -0.481 e. The number of amides is 5. The number of rotatable bonds is 7. The molecule has 2 aliphatic rings. The average Bonchev–Trinajstić information content (AvgIpc) is 3.34. The zero-order valence-corrected chi connectivity index (χ0v) is 22.0. The van der Waals surface area contributed by atoms with Gasteiger partial charge in [-0.25, -0.2) is 14.0 Å². The maximum absolute atomic E-state index is 13.7. The van der Waals surface area contributed by atoms with Crippen molar-refractivity contribution in [1.82, 2.24) is 15.1 Å². The van der Waals surface area contributed by atoms with Gasteiger partial charge in [-0.15, -0.1) is 0 Å². The van der Waals surface area contributed by atoms with Crippen molar-refractivity contribution >= 4 is 46.9 Å². The second kappa shape index (κ2) is 12.8. The third-order valence-electron chi connectivity index (χ3n) is 7.02. The lowest BCUT2D eigenvalue weighted by atomic mass is 9.82. The van der Waals surface area contributed by atoms with Gasteiger partial charge in [0.1, 0.15) is 5.82 Å². The van der Waals surface area contributed by atoms with Crippen LogP contribution in [-0.2, 0) is 9.59 Å². The highest BCUT2D eigenvalue weighted by Crippen LogP contribution is 2.29. The number of carbonyl (C=O) groups is 4. The van der Waals surface area contributed by atoms with Gasteiger partial charge in [-0.05, 0) is 55.2 Å². The van der Waals surface area contributed by atoms with Gasteiger partial charge < -0.3 is 21.1 Å². The molecule has 1 aliphatic heterocycles. The van der Waals surface area contributed by atoms with E-state index in [2.05, 4.69) is 16.0 Å². The molecule has 4 N–H and O–H groups in total. The molecule has 0 radical (unpaired) electrons. The van der Waals surface area contributed by atoms with Crippen LogP contribution in [0.4, 0.5) is 25.4 Å². The van der Waals surface area contributed by atoms with Gasteiger partial charge in [-0.1, -0.05) is 43.0 Å². The van der Waals surface area contributed by atoms with Gasteiger partial charge >= 0.3 is 18.0 Å². The van der Waals surface area contributed by atoms with Gasteiger partial charge in [-0.2, -0.15) is 0 Å². The maximum atomic E-state index is 13.7. The molecule has 1 saturated heterocycles. The van der Waals surface area contributed by atoms with Gasteiger partial charge in [0.15, 0.2) is 6.17 Å². The van der Waals surface area contributed by atoms with Crippen LogP contribution in [-0.4, -0.2) is 64.1 Å². The number of nitrogens with one attached hydrogen (secondary N) is 3. The number of anilines is 2. The molecule has 4 rings (SSSR count). The number of carbonyl (C=O) groups excluding carboxylic acids is 3. The quantitative estimate of drug-likeness (QED) is 0.389. The van der Waals surface area contributed by atoms with Crippen LogP contribution < -0.4 is 16.0 Å². The predicted octanol–water partition coefficient (Wildman–Crippen LogP) is 4.73. The van der Waals surface area contributed by atoms with E-state index >= 15 is 0 Å². The molecule has 1 saturated carbocycles. The Morgan fingerprint density at radius 2 is 1.51 bits per heavy atom. The normalized spacial score (nSPS) is 18.4. The summed E-state index contributed by atoms with van der Waals surface area (Å²) in [7, 11) is 0. The van der Waals surface area contributed by atoms with Crippen LogP contribution in [0.15, 0.2) is 48.5 Å². The van der Waals surface area contributed by atoms with Gasteiger partial charge in [0.05, 0.1) is 6.42 Å². The highest BCUT2D eigenvalue weighted by molar-refractivity contribution is 6.30. The number of urea groups is 2. The van der Waals surface area contributed by atoms with E-state index < -0.39 is 42.0 Å². The number of carboxylic acid groups (broad SMARTS) is 1. The van der Waals surface area contributed by atoms with Crippen LogP contribution >= 0.6 is 11.6 Å². The van der Waals surface area contributed by atoms with Crippen LogP contribution in [0.5, 0.6) is 0 Å². The fourth-order valence-corrected chi connectivity index (χ4v) is 5.37. The summed E-state index contributed by atoms with van der Waals surface area (Å²) in [5, 5.41) is 18.0. The van der Waals surface area contributed by atoms with Crippen molar-refractivity contribution in [2.45, 2.75) is 50.7 Å². The second-order valence-electron chi connectivity index (χ2n) is 9.75. The molecule has 2 atom stereocenters. The molecule has 208 valence electrons. The van der Waals surface area contributed by atoms with Crippen molar-refractivity contribution in [2.75, 3.05) is 23.7 Å². The second-order valence-corrected chi connectivity index (χ2v) is 10.2. The topological polar surface area (TPSA) is 131 Å². The van der Waals surface area contributed by atoms with Gasteiger partial charge in [0, 0.05) is 35.5 Å². The molecule has 2 aromatic rings. The Kier molecular flexibility index (Phi) is 9.23. The molecular formula is C27H31ClFN5O5. The van der Waals surface area contributed by atoms with Gasteiger partial charge in [-0.3, -0.25) is 19.4 Å². The van der Waals surface area contributed by atoms with Crippen molar-refractivity contribution in [3.8, 4) is 0 Å². The van der Waals surface area contributed by atoms with Crippen molar-refractivity contribution in [3.05, 3.63) is 59.4 Å². The third kappa shape index (κ3) is 7.38. The van der Waals surface area contributed by atoms with E-state index in [1.165, 1.54) is 28.0 Å². The molecule has 0 spiro atoms. The first-order valence-corrected chi connectivity index (χ1v) is 13.3. The Hall–Kier alpha value is -3.86. The van der Waals surface area contributed by atoms with Crippen molar-refractivity contribution in [3.63, 3.8) is 0 Å². The smallest absolute Gasteiger partial charge is 0.323 e. The molecule has 5 amide bonds. The molecule has 39 heavy (non-hydrogen) atoms. The van der Waals surface area contributed by atoms with Gasteiger partial charge in [0.2, 0.25) is 0 Å². The van der Waals surface area contributed by atoms with E-state index in [-0.39, 0.29) is 31.1 Å². The predicted molar refractivity (Wildman–Crippen MR) is 144 cm³/mol. The van der Waals surface area contributed by atoms with E-state index in [1.54, 1.807) is 24.3 Å². The van der Waals surface area contributed by atoms with E-state index in [1.807, 2.05) is 0 Å². The summed E-state index contributed by atoms with van der Waals surface area (Å²) in [6.45, 7) is 0.0588. The molecule has 10 nitrogen and oxygen atoms in total. The molecule has 12 heteroatoms. The lowest BCUT2D eigenvalue weighted by molar-refractivity contribution is -0.138. The maximum Gasteiger partial charge on any atom is 0.323 e. The van der Waals surface area contributed by atoms with Crippen LogP contribution in [0.1, 0.15) is 38.5 Å². The van der Waals surface area contributed by atoms with Crippen LogP contribution in [0.25, 0.3) is 0 Å². The number of nitrogens with zero attached hydrogens (tertiary/aromatic N) is 2. The zero-order valence-electron chi connectivity index (χ0n) is 21.2. The van der Waals surface area contributed by atoms with Crippen molar-refractivity contribution in [1.29, 1.82) is 0 Å². The highest BCUT2D eigenvalue weighted by atomic mass is 35.5. The Balaban J connectivity index is 1.57. The summed E-state index contributed by atoms with van der Waals surface area (Å²) in [6, 6.07) is 9.81. The average molecular weight is 560 g/mol. The number of benzene rings is 2. The number of halogens is 2. The lowest BCUT2D eigenvalue weighted by Gasteiger charge is -2.34. The molecule has 0 bridgehead atoms. The summed E-state index contributed by atoms with van der Waals surface area (Å²) in [5.74, 6) is -2.29. The third-order valence-corrected chi connectivity index (χ3v) is 7.26. The summed E-state index contributed by atoms with van der Waals surface area (Å²) < 4.78 is 13.7. The zero-order chi connectivity index (χ0) is 27.9. The largest absolute Gasteiger partial charge is 0.481 e. The van der Waals surface area contributed by atoms with E-state index in [4.69, 9.17) is 11.6 Å². The van der Waals surface area contributed by atoms with Crippen LogP contribution in [0.2, 0.25) is 5.02 Å². The summed E-state index contributed by atoms with van der Waals surface area (Å²) in [6.07, 6.45) is 2.87. The molecule has 0 aromatic heterocycles. The van der Waals surface area contributed by atoms with Crippen molar-refractivity contribution < 1.29 is 28.7 Å². The summed E-state index contributed by atoms with van der Waals surface area (Å²) >= 11 is 6.03. The summed E-state index contributed by atoms with van der Waals surface area (Å²) in [5.41, 5.74) is 0.590. The number of aliphatic carboxylic acids is 1. The SMILES string of the molecule is O=C(O)CC(NC(=O)C1N(C(=O)Nc2cccc(F)c2)CCN1C(=O)Nc1cccc(Cl)c1)C1CCCCC1. The van der Waals surface area contributed by atoms with Gasteiger partial charge in [0.25, 0.3) is 5.91 Å². The minimum absolute atomic E-state index is 0.0230. The molecule has 2 unspecified atom stereocenters. The Morgan fingerprint density at radius 3 is 2.08 bits per heavy atom. The Morgan fingerprint density at radius 1 is 0.923 bits per heavy atom. The number of carboxylic acids is 1. The number of hydrogen-bond acceptors (Lipinski definition) is 4. The van der Waals surface area contributed by atoms with E-state index in [9.17, 15) is 28.7 Å². The highest BCUT2D eigenvalue weighted by Gasteiger charge is 2.44. The van der Waals surface area contributed by atoms with Crippen molar-refractivity contribution in [2.24, 2.45) is 5.92 Å². The molecular weight excluding hydrogens is 529 g/mol. The Labute approximate surface area is 230 Å². The Bertz CT molecular complexity index is 1160. The first kappa shape index (κ1) is 28.2. The number of hydrogen-bond donors (Lipinski definition) is 4. The summed E-state index contributed by atoms with van der Waals surface area (Å²) in [4.78, 5) is 54.2. The van der Waals surface area contributed by atoms with Crippen LogP contribution in [0, 0.1) is 11.7 Å². The monoisotopic (exact) mass is 559 g/mol. The molecule has 2 fully saturated rings. The lowest BCUT2D eigenvalue weighted by Crippen LogP contribution is -2.58.